The number of phenols is 3. The first-order valence-electron chi connectivity index (χ1n) is 19.2. The minimum Gasteiger partial charge on any atom is -0.508 e. The van der Waals surface area contributed by atoms with Gasteiger partial charge in [0.2, 0.25) is 0 Å². The molecule has 0 aromatic heterocycles. The molecule has 7 aromatic carbocycles. The molecule has 2 radical (unpaired) electrons. The van der Waals surface area contributed by atoms with Crippen molar-refractivity contribution in [2.75, 3.05) is 0 Å². The molecule has 1 aliphatic rings. The third-order valence-electron chi connectivity index (χ3n) is 10.9. The van der Waals surface area contributed by atoms with E-state index in [1.165, 1.54) is 60.7 Å². The Morgan fingerprint density at radius 1 is 0.508 bits per heavy atom. The first kappa shape index (κ1) is 49.7. The van der Waals surface area contributed by atoms with E-state index in [0.29, 0.717) is 5.69 Å². The Labute approximate surface area is 418 Å². The maximum Gasteiger partial charge on any atom is 0.339 e. The predicted molar refractivity (Wildman–Crippen MR) is 243 cm³/mol. The average Bonchev–Trinajstić information content (AvgIpc) is 3.26. The Hall–Kier alpha value is -4.77. The van der Waals surface area contributed by atoms with Gasteiger partial charge in [0.15, 0.2) is 11.5 Å². The molecule has 21 heteroatoms. The van der Waals surface area contributed by atoms with Gasteiger partial charge in [-0.1, -0.05) is 73.9 Å². The summed E-state index contributed by atoms with van der Waals surface area (Å²) in [4.78, 5) is -1.49. The number of rotatable bonds is 11. The molecule has 0 unspecified atom stereocenters. The van der Waals surface area contributed by atoms with Crippen LogP contribution in [0.3, 0.4) is 0 Å². The molecule has 1 fully saturated rings. The first-order valence-corrected chi connectivity index (χ1v) is 23.5. The molecule has 7 aromatic rings. The maximum atomic E-state index is 12.9. The molecule has 0 amide bonds. The van der Waals surface area contributed by atoms with Gasteiger partial charge in [-0.2, -0.15) is 35.5 Å². The van der Waals surface area contributed by atoms with Crippen LogP contribution in [0, 0.1) is 0 Å². The number of nitrogens with zero attached hydrogens (tertiary/aromatic N) is 4. The van der Waals surface area contributed by atoms with Crippen molar-refractivity contribution in [1.82, 2.24) is 0 Å². The fourth-order valence-electron chi connectivity index (χ4n) is 7.86. The number of azo groups is 2. The summed E-state index contributed by atoms with van der Waals surface area (Å²) in [6, 6.07) is 31.5. The van der Waals surface area contributed by atoms with Crippen molar-refractivity contribution in [1.29, 1.82) is 0 Å². The number of hydrogen-bond donors (Lipinski definition) is 5. The number of fused-ring (bicyclic) bond motifs is 2. The summed E-state index contributed by atoms with van der Waals surface area (Å²) in [6.45, 7) is 0. The smallest absolute Gasteiger partial charge is 0.339 e. The zero-order valence-electron chi connectivity index (χ0n) is 34.8. The van der Waals surface area contributed by atoms with Gasteiger partial charge in [0.1, 0.15) is 37.6 Å². The molecule has 0 spiro atoms. The van der Waals surface area contributed by atoms with Crippen molar-refractivity contribution in [2.45, 2.75) is 52.2 Å². The predicted octanol–water partition coefficient (Wildman–Crippen LogP) is 9.69. The Morgan fingerprint density at radius 3 is 1.45 bits per heavy atom. The van der Waals surface area contributed by atoms with Crippen LogP contribution in [0.4, 0.5) is 22.7 Å². The molecule has 0 saturated heterocycles. The van der Waals surface area contributed by atoms with Crippen molar-refractivity contribution >= 4 is 134 Å². The van der Waals surface area contributed by atoms with Gasteiger partial charge in [0, 0.05) is 75.3 Å². The number of hydrogen-bond acceptors (Lipinski definition) is 14. The molecule has 0 bridgehead atoms. The topological polar surface area (TPSA) is 262 Å². The van der Waals surface area contributed by atoms with Gasteiger partial charge >= 0.3 is 10.1 Å². The van der Waals surface area contributed by atoms with E-state index in [9.17, 15) is 49.7 Å². The minimum atomic E-state index is -4.93. The molecule has 16 nitrogen and oxygen atoms in total. The summed E-state index contributed by atoms with van der Waals surface area (Å²) in [5, 5.41) is 49.0. The van der Waals surface area contributed by atoms with E-state index in [-0.39, 0.29) is 103 Å². The summed E-state index contributed by atoms with van der Waals surface area (Å²) in [7, 11) is -14.0. The Balaban J connectivity index is 0.00000350. The van der Waals surface area contributed by atoms with Crippen LogP contribution in [0.1, 0.15) is 43.2 Å². The molecule has 5 N–H and O–H groups in total. The molecular weight excluding hydrogens is 919 g/mol. The molecule has 8 rings (SSSR count). The third-order valence-corrected chi connectivity index (χ3v) is 13.9. The van der Waals surface area contributed by atoms with E-state index < -0.39 is 68.4 Å². The van der Waals surface area contributed by atoms with Crippen LogP contribution in [0.25, 0.3) is 21.5 Å². The van der Waals surface area contributed by atoms with Crippen LogP contribution >= 0.6 is 0 Å². The fraction of sp³-hybridized carbons (Fsp3) is 0.136. The van der Waals surface area contributed by atoms with Crippen LogP contribution in [0.15, 0.2) is 163 Å². The standard InChI is InChI=1S/C44H36N4O12S3.2Na/c49-33-19-9-27-23-38(61(52,53)54)40(42(50)36(27)25-33)47-45-31-15-11-29(12-16-31)44(21-5-2-6-22-44)30-13-17-32(18-14-30)46-48-41-39(62(55,56)57)24-28-10-20-34(26-37(28)43(41)51)60-63(58,59)35-7-3-1-4-8-35;;/h1,3-4,7-20,23-26,49-51H,2,5-6,21-22H2,(H,52,53,54)(H,55,56,57);;. The summed E-state index contributed by atoms with van der Waals surface area (Å²) in [5.74, 6) is -1.63. The Kier molecular flexibility index (Phi) is 15.0. The molecule has 324 valence electrons. The summed E-state index contributed by atoms with van der Waals surface area (Å²) in [6.07, 6.45) is 4.49. The van der Waals surface area contributed by atoms with Crippen molar-refractivity contribution in [3.05, 3.63) is 139 Å². The normalized spacial score (nSPS) is 14.3. The second-order valence-corrected chi connectivity index (χ2v) is 19.2. The number of aromatic hydroxyl groups is 3. The van der Waals surface area contributed by atoms with E-state index in [4.69, 9.17) is 4.18 Å². The van der Waals surface area contributed by atoms with E-state index in [1.807, 2.05) is 24.3 Å². The second-order valence-electron chi connectivity index (χ2n) is 14.9. The van der Waals surface area contributed by atoms with E-state index in [0.717, 1.165) is 55.4 Å². The zero-order valence-corrected chi connectivity index (χ0v) is 41.2. The largest absolute Gasteiger partial charge is 0.508 e. The SMILES string of the molecule is O=S(=O)(O)c1cc2ccc(O)cc2c(O)c1N=Nc1ccc(C2(c3ccc(N=Nc4c(S(=O)(=O)O)cc5ccc(OS(=O)(=O)c6ccccc6)cc5c4O)cc3)CCCCC2)cc1.[Na].[Na]. The molecule has 0 atom stereocenters. The second kappa shape index (κ2) is 19.6. The van der Waals surface area contributed by atoms with E-state index >= 15 is 0 Å². The Bertz CT molecular complexity index is 3330. The van der Waals surface area contributed by atoms with Gasteiger partial charge in [0.25, 0.3) is 20.2 Å². The molecule has 0 heterocycles. The minimum absolute atomic E-state index is 0. The molecule has 0 aliphatic heterocycles. The van der Waals surface area contributed by atoms with Gasteiger partial charge < -0.3 is 19.5 Å². The monoisotopic (exact) mass is 954 g/mol. The number of benzene rings is 7. The Morgan fingerprint density at radius 2 is 0.969 bits per heavy atom. The maximum absolute atomic E-state index is 12.9. The fourth-order valence-corrected chi connectivity index (χ4v) is 10.1. The van der Waals surface area contributed by atoms with Gasteiger partial charge in [-0.15, -0.1) is 10.2 Å². The van der Waals surface area contributed by atoms with Crippen molar-refractivity contribution in [2.24, 2.45) is 20.5 Å². The van der Waals surface area contributed by atoms with Crippen LogP contribution in [-0.4, -0.2) is 109 Å². The van der Waals surface area contributed by atoms with Crippen molar-refractivity contribution in [3.8, 4) is 23.0 Å². The van der Waals surface area contributed by atoms with Crippen LogP contribution in [0.5, 0.6) is 23.0 Å². The molecule has 1 saturated carbocycles. The van der Waals surface area contributed by atoms with Gasteiger partial charge in [-0.25, -0.2) is 0 Å². The van der Waals surface area contributed by atoms with Crippen molar-refractivity contribution < 1.29 is 53.9 Å². The summed E-state index contributed by atoms with van der Waals surface area (Å²) >= 11 is 0. The zero-order chi connectivity index (χ0) is 44.7. The molecule has 65 heavy (non-hydrogen) atoms. The summed E-state index contributed by atoms with van der Waals surface area (Å²) in [5.41, 5.74) is 0.981. The molecular formula is C44H36N4Na2O12S3. The van der Waals surface area contributed by atoms with Gasteiger partial charge in [0.05, 0.1) is 11.4 Å². The van der Waals surface area contributed by atoms with E-state index in [2.05, 4.69) is 20.5 Å². The van der Waals surface area contributed by atoms with Gasteiger partial charge in [-0.3, -0.25) is 9.11 Å². The quantitative estimate of drug-likeness (QED) is 0.0351. The van der Waals surface area contributed by atoms with Gasteiger partial charge in [-0.05, 0) is 108 Å². The number of phenolic OH excluding ortho intramolecular Hbond substituents is 3. The molecule has 1 aliphatic carbocycles. The first-order chi connectivity index (χ1) is 29.9. The van der Waals surface area contributed by atoms with Crippen LogP contribution < -0.4 is 4.18 Å². The summed E-state index contributed by atoms with van der Waals surface area (Å²) < 4.78 is 100. The average molecular weight is 955 g/mol. The van der Waals surface area contributed by atoms with Crippen LogP contribution in [0.2, 0.25) is 0 Å². The van der Waals surface area contributed by atoms with Crippen LogP contribution in [-0.2, 0) is 35.8 Å². The third kappa shape index (κ3) is 10.5. The van der Waals surface area contributed by atoms with E-state index in [1.54, 1.807) is 30.3 Å². The van der Waals surface area contributed by atoms with Crippen molar-refractivity contribution in [3.63, 3.8) is 0 Å².